The Labute approximate surface area is 159 Å². The maximum Gasteiger partial charge on any atom is 0.241 e. The van der Waals surface area contributed by atoms with Crippen molar-refractivity contribution < 1.29 is 9.53 Å². The number of methoxy groups -OCH3 is 1. The first-order valence-electron chi connectivity index (χ1n) is 8.77. The average Bonchev–Trinajstić information content (AvgIpc) is 2.68. The first-order chi connectivity index (χ1) is 12.6. The summed E-state index contributed by atoms with van der Waals surface area (Å²) in [5, 5.41) is 3.74. The van der Waals surface area contributed by atoms with Gasteiger partial charge in [0.1, 0.15) is 5.75 Å². The highest BCUT2D eigenvalue weighted by Gasteiger charge is 2.26. The lowest BCUT2D eigenvalue weighted by Crippen LogP contribution is -2.52. The number of rotatable bonds is 5. The lowest BCUT2D eigenvalue weighted by molar-refractivity contribution is -0.120. The fourth-order valence-corrected chi connectivity index (χ4v) is 3.40. The summed E-state index contributed by atoms with van der Waals surface area (Å²) in [5.41, 5.74) is 1.83. The van der Waals surface area contributed by atoms with Crippen LogP contribution < -0.4 is 15.0 Å². The van der Waals surface area contributed by atoms with Crippen LogP contribution in [-0.4, -0.2) is 50.1 Å². The molecule has 1 aliphatic heterocycles. The van der Waals surface area contributed by atoms with Gasteiger partial charge in [0.2, 0.25) is 5.91 Å². The van der Waals surface area contributed by atoms with Gasteiger partial charge in [-0.25, -0.2) is 0 Å². The number of piperazine rings is 1. The van der Waals surface area contributed by atoms with Crippen molar-refractivity contribution in [2.24, 2.45) is 0 Å². The zero-order valence-electron chi connectivity index (χ0n) is 15.1. The molecule has 1 heterocycles. The molecule has 3 rings (SSSR count). The van der Waals surface area contributed by atoms with Gasteiger partial charge in [-0.15, -0.1) is 0 Å². The number of benzene rings is 2. The summed E-state index contributed by atoms with van der Waals surface area (Å²) >= 11 is 6.29. The number of carbonyl (C=O) groups is 1. The van der Waals surface area contributed by atoms with Crippen molar-refractivity contribution in [3.8, 4) is 5.75 Å². The van der Waals surface area contributed by atoms with Crippen LogP contribution in [0.25, 0.3) is 0 Å². The molecule has 2 aromatic carbocycles. The minimum atomic E-state index is -0.189. The summed E-state index contributed by atoms with van der Waals surface area (Å²) in [6, 6.07) is 15.1. The Bertz CT molecular complexity index is 743. The first-order valence-corrected chi connectivity index (χ1v) is 9.14. The molecule has 1 fully saturated rings. The van der Waals surface area contributed by atoms with E-state index >= 15 is 0 Å². The van der Waals surface area contributed by atoms with Crippen molar-refractivity contribution in [2.75, 3.05) is 43.5 Å². The molecule has 1 amide bonds. The molecule has 0 aliphatic carbocycles. The lowest BCUT2D eigenvalue weighted by Gasteiger charge is -2.38. The van der Waals surface area contributed by atoms with E-state index in [0.29, 0.717) is 0 Å². The van der Waals surface area contributed by atoms with Crippen molar-refractivity contribution in [2.45, 2.75) is 13.0 Å². The van der Waals surface area contributed by atoms with E-state index < -0.39 is 0 Å². The van der Waals surface area contributed by atoms with Crippen LogP contribution in [0.3, 0.4) is 0 Å². The molecule has 138 valence electrons. The van der Waals surface area contributed by atoms with E-state index in [1.165, 1.54) is 0 Å². The Morgan fingerprint density at radius 2 is 1.73 bits per heavy atom. The number of halogens is 1. The molecule has 1 aliphatic rings. The topological polar surface area (TPSA) is 44.8 Å². The summed E-state index contributed by atoms with van der Waals surface area (Å²) in [6.45, 7) is 5.29. The number of para-hydroxylation sites is 1. The normalized spacial score (nSPS) is 16.2. The number of anilines is 2. The Morgan fingerprint density at radius 3 is 2.35 bits per heavy atom. The summed E-state index contributed by atoms with van der Waals surface area (Å²) in [4.78, 5) is 17.0. The number of nitrogens with zero attached hydrogens (tertiary/aromatic N) is 2. The summed E-state index contributed by atoms with van der Waals surface area (Å²) in [6.07, 6.45) is 0. The molecule has 1 saturated heterocycles. The second-order valence-electron chi connectivity index (χ2n) is 6.37. The largest absolute Gasteiger partial charge is 0.497 e. The fraction of sp³-hybridized carbons (Fsp3) is 0.350. The Hall–Kier alpha value is -2.24. The second-order valence-corrected chi connectivity index (χ2v) is 6.78. The van der Waals surface area contributed by atoms with Crippen molar-refractivity contribution in [1.82, 2.24) is 4.90 Å². The van der Waals surface area contributed by atoms with E-state index in [1.54, 1.807) is 7.11 Å². The van der Waals surface area contributed by atoms with E-state index in [0.717, 1.165) is 48.3 Å². The average molecular weight is 374 g/mol. The highest BCUT2D eigenvalue weighted by molar-refractivity contribution is 6.33. The third-order valence-corrected chi connectivity index (χ3v) is 5.11. The van der Waals surface area contributed by atoms with Crippen molar-refractivity contribution in [1.29, 1.82) is 0 Å². The molecule has 0 radical (unpaired) electrons. The smallest absolute Gasteiger partial charge is 0.241 e. The van der Waals surface area contributed by atoms with Crippen LogP contribution >= 0.6 is 11.6 Å². The van der Waals surface area contributed by atoms with Crippen LogP contribution in [0.5, 0.6) is 5.75 Å². The van der Waals surface area contributed by atoms with Gasteiger partial charge in [-0.3, -0.25) is 9.69 Å². The van der Waals surface area contributed by atoms with Crippen LogP contribution in [0, 0.1) is 0 Å². The number of carbonyl (C=O) groups excluding carboxylic acids is 1. The molecule has 0 unspecified atom stereocenters. The lowest BCUT2D eigenvalue weighted by atomic mass is 10.2. The summed E-state index contributed by atoms with van der Waals surface area (Å²) in [7, 11) is 1.62. The van der Waals surface area contributed by atoms with Crippen LogP contribution in [0.4, 0.5) is 11.4 Å². The molecule has 5 nitrogen and oxygen atoms in total. The molecule has 1 N–H and O–H groups in total. The van der Waals surface area contributed by atoms with E-state index in [-0.39, 0.29) is 11.9 Å². The number of ether oxygens (including phenoxy) is 1. The fourth-order valence-electron chi connectivity index (χ4n) is 3.15. The Morgan fingerprint density at radius 1 is 1.08 bits per heavy atom. The van der Waals surface area contributed by atoms with Gasteiger partial charge in [0.15, 0.2) is 0 Å². The van der Waals surface area contributed by atoms with Crippen LogP contribution in [0.1, 0.15) is 6.92 Å². The van der Waals surface area contributed by atoms with Gasteiger partial charge >= 0.3 is 0 Å². The molecule has 0 aromatic heterocycles. The predicted octanol–water partition coefficient (Wildman–Crippen LogP) is 3.50. The number of hydrogen-bond acceptors (Lipinski definition) is 4. The third-order valence-electron chi connectivity index (χ3n) is 4.79. The van der Waals surface area contributed by atoms with Crippen molar-refractivity contribution in [3.05, 3.63) is 53.6 Å². The SMILES string of the molecule is COc1ccc(NC(=O)[C@@H](C)N2CCN(c3ccccc3Cl)CC2)cc1. The monoisotopic (exact) mass is 373 g/mol. The molecule has 1 atom stereocenters. The molecule has 2 aromatic rings. The second kappa shape index (κ2) is 8.43. The molecular formula is C20H24ClN3O2. The highest BCUT2D eigenvalue weighted by atomic mass is 35.5. The van der Waals surface area contributed by atoms with Gasteiger partial charge in [-0.05, 0) is 43.3 Å². The number of nitrogens with one attached hydrogen (secondary N) is 1. The molecule has 0 spiro atoms. The minimum absolute atomic E-state index is 0.00126. The van der Waals surface area contributed by atoms with E-state index in [1.807, 2.05) is 55.5 Å². The first kappa shape index (κ1) is 18.5. The van der Waals surface area contributed by atoms with Crippen LogP contribution in [0.15, 0.2) is 48.5 Å². The van der Waals surface area contributed by atoms with E-state index in [9.17, 15) is 4.79 Å². The predicted molar refractivity (Wildman–Crippen MR) is 106 cm³/mol. The Balaban J connectivity index is 1.54. The molecule has 0 saturated carbocycles. The molecule has 6 heteroatoms. The van der Waals surface area contributed by atoms with Gasteiger partial charge < -0.3 is 15.0 Å². The summed E-state index contributed by atoms with van der Waals surface area (Å²) in [5.74, 6) is 0.771. The van der Waals surface area contributed by atoms with Crippen molar-refractivity contribution in [3.63, 3.8) is 0 Å². The highest BCUT2D eigenvalue weighted by Crippen LogP contribution is 2.26. The van der Waals surface area contributed by atoms with Gasteiger partial charge in [0.25, 0.3) is 0 Å². The number of hydrogen-bond donors (Lipinski definition) is 1. The third kappa shape index (κ3) is 4.29. The van der Waals surface area contributed by atoms with Gasteiger partial charge in [0, 0.05) is 31.9 Å². The Kier molecular flexibility index (Phi) is 6.01. The maximum atomic E-state index is 12.6. The maximum absolute atomic E-state index is 12.6. The number of amides is 1. The van der Waals surface area contributed by atoms with Gasteiger partial charge in [-0.1, -0.05) is 23.7 Å². The quantitative estimate of drug-likeness (QED) is 0.871. The zero-order valence-corrected chi connectivity index (χ0v) is 15.9. The standard InChI is InChI=1S/C20H24ClN3O2/c1-15(20(25)22-16-7-9-17(26-2)10-8-16)23-11-13-24(14-12-23)19-6-4-3-5-18(19)21/h3-10,15H,11-14H2,1-2H3,(H,22,25)/t15-/m1/s1. The van der Waals surface area contributed by atoms with Crippen LogP contribution in [0.2, 0.25) is 5.02 Å². The molecular weight excluding hydrogens is 350 g/mol. The van der Waals surface area contributed by atoms with Gasteiger partial charge in [0.05, 0.1) is 23.9 Å². The minimum Gasteiger partial charge on any atom is -0.497 e. The molecule has 26 heavy (non-hydrogen) atoms. The van der Waals surface area contributed by atoms with Crippen molar-refractivity contribution >= 4 is 28.9 Å². The van der Waals surface area contributed by atoms with Crippen LogP contribution in [-0.2, 0) is 4.79 Å². The van der Waals surface area contributed by atoms with E-state index in [4.69, 9.17) is 16.3 Å². The summed E-state index contributed by atoms with van der Waals surface area (Å²) < 4.78 is 5.14. The zero-order chi connectivity index (χ0) is 18.5. The van der Waals surface area contributed by atoms with E-state index in [2.05, 4.69) is 15.1 Å². The molecule has 0 bridgehead atoms. The van der Waals surface area contributed by atoms with Gasteiger partial charge in [-0.2, -0.15) is 0 Å².